The number of anilines is 1. The van der Waals surface area contributed by atoms with Crippen molar-refractivity contribution >= 4 is 17.5 Å². The SMILES string of the molecule is Cc1cccc(C)c1O[C@@H](C)C(=O)Nc1ccccc1C(N)=O. The number of hydrogen-bond donors (Lipinski definition) is 2. The molecule has 3 N–H and O–H groups in total. The summed E-state index contributed by atoms with van der Waals surface area (Å²) in [6.07, 6.45) is -0.712. The van der Waals surface area contributed by atoms with E-state index in [0.29, 0.717) is 11.4 Å². The molecule has 0 unspecified atom stereocenters. The Labute approximate surface area is 135 Å². The molecule has 0 aromatic heterocycles. The van der Waals surface area contributed by atoms with E-state index in [1.165, 1.54) is 0 Å². The van der Waals surface area contributed by atoms with Gasteiger partial charge in [-0.05, 0) is 44.0 Å². The molecule has 0 spiro atoms. The van der Waals surface area contributed by atoms with Gasteiger partial charge in [-0.2, -0.15) is 0 Å². The first-order valence-electron chi connectivity index (χ1n) is 7.32. The van der Waals surface area contributed by atoms with Crippen molar-refractivity contribution < 1.29 is 14.3 Å². The highest BCUT2D eigenvalue weighted by Crippen LogP contribution is 2.24. The van der Waals surface area contributed by atoms with Gasteiger partial charge in [0.15, 0.2) is 6.10 Å². The number of nitrogens with two attached hydrogens (primary N) is 1. The topological polar surface area (TPSA) is 81.4 Å². The summed E-state index contributed by atoms with van der Waals surface area (Å²) in [6.45, 7) is 5.51. The molecule has 0 fully saturated rings. The second-order valence-electron chi connectivity index (χ2n) is 5.38. The number of primary amides is 1. The quantitative estimate of drug-likeness (QED) is 0.890. The van der Waals surface area contributed by atoms with Crippen LogP contribution in [-0.4, -0.2) is 17.9 Å². The molecule has 0 aliphatic heterocycles. The maximum atomic E-state index is 12.3. The Kier molecular flexibility index (Phi) is 5.01. The fraction of sp³-hybridized carbons (Fsp3) is 0.222. The highest BCUT2D eigenvalue weighted by Gasteiger charge is 2.18. The number of carbonyl (C=O) groups excluding carboxylic acids is 2. The molecule has 0 saturated heterocycles. The Bertz CT molecular complexity index is 721. The van der Waals surface area contributed by atoms with E-state index >= 15 is 0 Å². The van der Waals surface area contributed by atoms with E-state index < -0.39 is 12.0 Å². The number of amides is 2. The highest BCUT2D eigenvalue weighted by molar-refractivity contribution is 6.03. The minimum Gasteiger partial charge on any atom is -0.480 e. The summed E-state index contributed by atoms with van der Waals surface area (Å²) < 4.78 is 5.78. The van der Waals surface area contributed by atoms with Gasteiger partial charge in [0.25, 0.3) is 11.8 Å². The highest BCUT2D eigenvalue weighted by atomic mass is 16.5. The molecule has 23 heavy (non-hydrogen) atoms. The lowest BCUT2D eigenvalue weighted by Crippen LogP contribution is -2.31. The predicted molar refractivity (Wildman–Crippen MR) is 89.6 cm³/mol. The van der Waals surface area contributed by atoms with E-state index in [0.717, 1.165) is 11.1 Å². The first-order valence-corrected chi connectivity index (χ1v) is 7.32. The average molecular weight is 312 g/mol. The van der Waals surface area contributed by atoms with Gasteiger partial charge in [0.1, 0.15) is 5.75 Å². The zero-order chi connectivity index (χ0) is 17.0. The van der Waals surface area contributed by atoms with Gasteiger partial charge >= 0.3 is 0 Å². The van der Waals surface area contributed by atoms with Crippen LogP contribution in [0.25, 0.3) is 0 Å². The van der Waals surface area contributed by atoms with Crippen LogP contribution in [0.3, 0.4) is 0 Å². The maximum absolute atomic E-state index is 12.3. The van der Waals surface area contributed by atoms with Crippen molar-refractivity contribution in [1.29, 1.82) is 0 Å². The molecule has 2 aromatic carbocycles. The largest absolute Gasteiger partial charge is 0.480 e. The lowest BCUT2D eigenvalue weighted by atomic mass is 10.1. The summed E-state index contributed by atoms with van der Waals surface area (Å²) in [5.41, 5.74) is 7.87. The molecule has 0 aliphatic rings. The van der Waals surface area contributed by atoms with Crippen LogP contribution in [0.5, 0.6) is 5.75 Å². The van der Waals surface area contributed by atoms with E-state index in [-0.39, 0.29) is 11.5 Å². The Morgan fingerprint density at radius 1 is 1.04 bits per heavy atom. The number of benzene rings is 2. The van der Waals surface area contributed by atoms with Crippen LogP contribution in [0.1, 0.15) is 28.4 Å². The lowest BCUT2D eigenvalue weighted by molar-refractivity contribution is -0.122. The molecule has 5 nitrogen and oxygen atoms in total. The summed E-state index contributed by atoms with van der Waals surface area (Å²) in [4.78, 5) is 23.7. The summed E-state index contributed by atoms with van der Waals surface area (Å²) in [5.74, 6) is -0.246. The Hall–Kier alpha value is -2.82. The Morgan fingerprint density at radius 2 is 1.65 bits per heavy atom. The summed E-state index contributed by atoms with van der Waals surface area (Å²) in [7, 11) is 0. The van der Waals surface area contributed by atoms with Crippen LogP contribution in [0.4, 0.5) is 5.69 Å². The minimum absolute atomic E-state index is 0.264. The molecule has 0 aliphatic carbocycles. The van der Waals surface area contributed by atoms with Crippen LogP contribution >= 0.6 is 0 Å². The smallest absolute Gasteiger partial charge is 0.265 e. The van der Waals surface area contributed by atoms with Gasteiger partial charge in [-0.25, -0.2) is 0 Å². The molecule has 0 saturated carbocycles. The van der Waals surface area contributed by atoms with Crippen molar-refractivity contribution in [2.75, 3.05) is 5.32 Å². The molecule has 2 aromatic rings. The molecular formula is C18H20N2O3. The molecule has 5 heteroatoms. The van der Waals surface area contributed by atoms with E-state index in [1.54, 1.807) is 31.2 Å². The zero-order valence-corrected chi connectivity index (χ0v) is 13.4. The fourth-order valence-corrected chi connectivity index (χ4v) is 2.26. The van der Waals surface area contributed by atoms with Crippen molar-refractivity contribution in [2.24, 2.45) is 5.73 Å². The van der Waals surface area contributed by atoms with Crippen LogP contribution < -0.4 is 15.8 Å². The van der Waals surface area contributed by atoms with E-state index in [1.807, 2.05) is 32.0 Å². The van der Waals surface area contributed by atoms with Crippen molar-refractivity contribution in [3.8, 4) is 5.75 Å². The van der Waals surface area contributed by atoms with E-state index in [2.05, 4.69) is 5.32 Å². The number of rotatable bonds is 5. The van der Waals surface area contributed by atoms with Gasteiger partial charge in [0, 0.05) is 0 Å². The summed E-state index contributed by atoms with van der Waals surface area (Å²) >= 11 is 0. The normalized spacial score (nSPS) is 11.6. The molecule has 2 rings (SSSR count). The van der Waals surface area contributed by atoms with E-state index in [4.69, 9.17) is 10.5 Å². The van der Waals surface area contributed by atoms with E-state index in [9.17, 15) is 9.59 Å². The number of ether oxygens (including phenoxy) is 1. The number of nitrogens with one attached hydrogen (secondary N) is 1. The van der Waals surface area contributed by atoms with Crippen LogP contribution in [-0.2, 0) is 4.79 Å². The number of hydrogen-bond acceptors (Lipinski definition) is 3. The first-order chi connectivity index (χ1) is 10.9. The first kappa shape index (κ1) is 16.5. The van der Waals surface area contributed by atoms with Gasteiger partial charge in [-0.1, -0.05) is 30.3 Å². The molecular weight excluding hydrogens is 292 g/mol. The standard InChI is InChI=1S/C18H20N2O3/c1-11-7-6-8-12(2)16(11)23-13(3)18(22)20-15-10-5-4-9-14(15)17(19)21/h4-10,13H,1-3H3,(H2,19,21)(H,20,22)/t13-/m0/s1. The summed E-state index contributed by atoms with van der Waals surface area (Å²) in [5, 5.41) is 2.69. The second-order valence-corrected chi connectivity index (χ2v) is 5.38. The summed E-state index contributed by atoms with van der Waals surface area (Å²) in [6, 6.07) is 12.4. The van der Waals surface area contributed by atoms with Gasteiger partial charge in [0.2, 0.25) is 0 Å². The van der Waals surface area contributed by atoms with Gasteiger partial charge in [-0.15, -0.1) is 0 Å². The monoisotopic (exact) mass is 312 g/mol. The molecule has 0 bridgehead atoms. The fourth-order valence-electron chi connectivity index (χ4n) is 2.26. The molecule has 0 radical (unpaired) electrons. The van der Waals surface area contributed by atoms with Crippen molar-refractivity contribution in [3.05, 3.63) is 59.2 Å². The zero-order valence-electron chi connectivity index (χ0n) is 13.4. The van der Waals surface area contributed by atoms with Crippen LogP contribution in [0.2, 0.25) is 0 Å². The van der Waals surface area contributed by atoms with Gasteiger partial charge in [-0.3, -0.25) is 9.59 Å². The molecule has 120 valence electrons. The Morgan fingerprint density at radius 3 is 2.26 bits per heavy atom. The predicted octanol–water partition coefficient (Wildman–Crippen LogP) is 2.81. The minimum atomic E-state index is -0.712. The lowest BCUT2D eigenvalue weighted by Gasteiger charge is -2.18. The third-order valence-corrected chi connectivity index (χ3v) is 3.52. The third-order valence-electron chi connectivity index (χ3n) is 3.52. The Balaban J connectivity index is 2.14. The van der Waals surface area contributed by atoms with Gasteiger partial charge < -0.3 is 15.8 Å². The van der Waals surface area contributed by atoms with Crippen molar-refractivity contribution in [3.63, 3.8) is 0 Å². The number of carbonyl (C=O) groups is 2. The molecule has 0 heterocycles. The average Bonchev–Trinajstić information content (AvgIpc) is 2.51. The second kappa shape index (κ2) is 6.96. The molecule has 1 atom stereocenters. The van der Waals surface area contributed by atoms with Crippen molar-refractivity contribution in [2.45, 2.75) is 26.9 Å². The van der Waals surface area contributed by atoms with Crippen LogP contribution in [0, 0.1) is 13.8 Å². The third kappa shape index (κ3) is 3.88. The molecule has 2 amide bonds. The number of aryl methyl sites for hydroxylation is 2. The number of para-hydroxylation sites is 2. The maximum Gasteiger partial charge on any atom is 0.265 e. The van der Waals surface area contributed by atoms with Gasteiger partial charge in [0.05, 0.1) is 11.3 Å². The van der Waals surface area contributed by atoms with Crippen LogP contribution in [0.15, 0.2) is 42.5 Å². The van der Waals surface area contributed by atoms with Crippen molar-refractivity contribution in [1.82, 2.24) is 0 Å².